The average molecular weight is 392 g/mol. The van der Waals surface area contributed by atoms with Crippen LogP contribution in [0.2, 0.25) is 0 Å². The lowest BCUT2D eigenvalue weighted by molar-refractivity contribution is 0.0461. The van der Waals surface area contributed by atoms with Gasteiger partial charge in [0.05, 0.1) is 11.7 Å². The number of hydrogen-bond acceptors (Lipinski definition) is 1. The number of hydrogen-bond donors (Lipinski definition) is 0. The van der Waals surface area contributed by atoms with Crippen molar-refractivity contribution in [2.75, 3.05) is 6.61 Å². The van der Waals surface area contributed by atoms with E-state index >= 15 is 0 Å². The molecule has 0 saturated heterocycles. The van der Waals surface area contributed by atoms with E-state index in [4.69, 9.17) is 9.47 Å². The van der Waals surface area contributed by atoms with E-state index in [1.807, 2.05) is 6.07 Å². The van der Waals surface area contributed by atoms with Crippen molar-refractivity contribution in [3.05, 3.63) is 78.1 Å². The Kier molecular flexibility index (Phi) is 8.13. The molecule has 29 heavy (non-hydrogen) atoms. The van der Waals surface area contributed by atoms with Crippen LogP contribution in [-0.4, -0.2) is 17.4 Å². The number of unbranched alkanes of at least 4 members (excludes halogenated alkanes) is 4. The van der Waals surface area contributed by atoms with Gasteiger partial charge in [0.2, 0.25) is 0 Å². The average Bonchev–Trinajstić information content (AvgIpc) is 2.73. The van der Waals surface area contributed by atoms with Crippen molar-refractivity contribution in [2.45, 2.75) is 59.0 Å². The minimum absolute atomic E-state index is 0.171. The Balaban J connectivity index is 1.63. The predicted molar refractivity (Wildman–Crippen MR) is 123 cm³/mol. The fourth-order valence-electron chi connectivity index (χ4n) is 3.98. The standard InChI is InChI=1S/C27H34O2/c1-4-5-6-7-13-18-28-27-21(2)19-24(20-22(27)3)29-26-17-12-11-16-25(26)23-14-9-8-10-15-23/h8-12,14-17,19-21,27H,4-7,13,18H2,1-3H3/p+1. The Labute approximate surface area is 176 Å². The van der Waals surface area contributed by atoms with Crippen LogP contribution in [0, 0.1) is 5.92 Å². The molecule has 1 aliphatic rings. The third-order valence-corrected chi connectivity index (χ3v) is 5.52. The lowest BCUT2D eigenvalue weighted by atomic mass is 9.92. The van der Waals surface area contributed by atoms with E-state index in [0.717, 1.165) is 30.1 Å². The number of allylic oxidation sites excluding steroid dienone is 1. The van der Waals surface area contributed by atoms with Crippen molar-refractivity contribution in [3.63, 3.8) is 0 Å². The number of aliphatic hydroxyl groups is 1. The Morgan fingerprint density at radius 2 is 1.62 bits per heavy atom. The molecule has 0 spiro atoms. The van der Waals surface area contributed by atoms with Crippen LogP contribution >= 0.6 is 0 Å². The summed E-state index contributed by atoms with van der Waals surface area (Å²) in [6.07, 6.45) is 11.0. The Morgan fingerprint density at radius 3 is 2.38 bits per heavy atom. The molecule has 0 heterocycles. The van der Waals surface area contributed by atoms with Crippen molar-refractivity contribution < 1.29 is 9.47 Å². The van der Waals surface area contributed by atoms with Gasteiger partial charge in [-0.1, -0.05) is 82.0 Å². The molecule has 0 radical (unpaired) electrons. The second-order valence-electron chi connectivity index (χ2n) is 8.04. The van der Waals surface area contributed by atoms with Crippen LogP contribution in [0.5, 0.6) is 5.75 Å². The van der Waals surface area contributed by atoms with E-state index in [0.29, 0.717) is 5.92 Å². The zero-order valence-corrected chi connectivity index (χ0v) is 18.1. The third kappa shape index (κ3) is 6.08. The van der Waals surface area contributed by atoms with E-state index in [9.17, 15) is 0 Å². The van der Waals surface area contributed by atoms with E-state index < -0.39 is 0 Å². The Bertz CT molecular complexity index is 819. The molecule has 0 aromatic heterocycles. The number of ether oxygens (including phenoxy) is 2. The van der Waals surface area contributed by atoms with E-state index in [2.05, 4.69) is 81.5 Å². The molecule has 2 atom stereocenters. The lowest BCUT2D eigenvalue weighted by Crippen LogP contribution is -2.25. The maximum atomic E-state index is 6.22. The molecular weight excluding hydrogens is 356 g/mol. The van der Waals surface area contributed by atoms with Gasteiger partial charge in [-0.05, 0) is 30.5 Å². The molecule has 1 N–H and O–H groups in total. The van der Waals surface area contributed by atoms with Gasteiger partial charge in [-0.2, -0.15) is 0 Å². The highest BCUT2D eigenvalue weighted by atomic mass is 16.5. The summed E-state index contributed by atoms with van der Waals surface area (Å²) >= 11 is 0. The van der Waals surface area contributed by atoms with E-state index in [-0.39, 0.29) is 6.10 Å². The smallest absolute Gasteiger partial charge is 0.268 e. The predicted octanol–water partition coefficient (Wildman–Crippen LogP) is 7.43. The summed E-state index contributed by atoms with van der Waals surface area (Å²) in [6, 6.07) is 18.8. The molecule has 2 heteroatoms. The number of aromatic hydroxyl groups is 1. The zero-order chi connectivity index (χ0) is 20.5. The molecule has 2 aromatic rings. The largest absolute Gasteiger partial charge is 0.546 e. The summed E-state index contributed by atoms with van der Waals surface area (Å²) in [5.74, 6) is 2.37. The molecule has 0 fully saturated rings. The molecule has 0 bridgehead atoms. The van der Waals surface area contributed by atoms with Gasteiger partial charge >= 0.3 is 0 Å². The molecule has 1 aliphatic carbocycles. The summed E-state index contributed by atoms with van der Waals surface area (Å²) in [5, 5.41) is 0. The summed E-state index contributed by atoms with van der Waals surface area (Å²) in [5.41, 5.74) is 3.63. The van der Waals surface area contributed by atoms with Crippen molar-refractivity contribution >= 4 is 0 Å². The first-order chi connectivity index (χ1) is 14.2. The molecular formula is C27H35O2+. The van der Waals surface area contributed by atoms with Gasteiger partial charge in [0.1, 0.15) is 0 Å². The number of para-hydroxylation sites is 1. The first-order valence-corrected chi connectivity index (χ1v) is 11.1. The van der Waals surface area contributed by atoms with Crippen LogP contribution in [0.15, 0.2) is 78.1 Å². The summed E-state index contributed by atoms with van der Waals surface area (Å²) in [7, 11) is 0. The molecule has 0 amide bonds. The fraction of sp³-hybridized carbons (Fsp3) is 0.407. The minimum Gasteiger partial charge on any atom is -0.546 e. The number of rotatable bonds is 10. The SMILES string of the molecule is CCCCCCCOC1C(C)=CC([OH+]c2ccccc2-c2ccccc2)=CC1C. The molecule has 2 unspecified atom stereocenters. The monoisotopic (exact) mass is 391 g/mol. The third-order valence-electron chi connectivity index (χ3n) is 5.52. The van der Waals surface area contributed by atoms with Crippen LogP contribution in [0.3, 0.4) is 0 Å². The fourth-order valence-corrected chi connectivity index (χ4v) is 3.98. The van der Waals surface area contributed by atoms with Gasteiger partial charge in [-0.15, -0.1) is 0 Å². The molecule has 2 nitrogen and oxygen atoms in total. The lowest BCUT2D eigenvalue weighted by Gasteiger charge is -2.26. The minimum atomic E-state index is 0.171. The molecule has 0 saturated carbocycles. The van der Waals surface area contributed by atoms with Crippen LogP contribution < -0.4 is 0 Å². The second kappa shape index (κ2) is 11.0. The van der Waals surface area contributed by atoms with Crippen molar-refractivity contribution in [1.82, 2.24) is 0 Å². The highest BCUT2D eigenvalue weighted by molar-refractivity contribution is 5.70. The summed E-state index contributed by atoms with van der Waals surface area (Å²) in [6.45, 7) is 7.50. The van der Waals surface area contributed by atoms with Gasteiger partial charge in [0.15, 0.2) is 0 Å². The Hall–Kier alpha value is -2.32. The zero-order valence-electron chi connectivity index (χ0n) is 18.1. The van der Waals surface area contributed by atoms with Gasteiger partial charge in [-0.3, -0.25) is 0 Å². The summed E-state index contributed by atoms with van der Waals surface area (Å²) < 4.78 is 11.2. The topological polar surface area (TPSA) is 22.0 Å². The van der Waals surface area contributed by atoms with Gasteiger partial charge in [-0.25, -0.2) is 0 Å². The van der Waals surface area contributed by atoms with Crippen molar-refractivity contribution in [1.29, 1.82) is 0 Å². The molecule has 3 rings (SSSR count). The van der Waals surface area contributed by atoms with Crippen LogP contribution in [0.1, 0.15) is 52.9 Å². The molecule has 2 aromatic carbocycles. The Morgan fingerprint density at radius 1 is 0.897 bits per heavy atom. The summed E-state index contributed by atoms with van der Waals surface area (Å²) in [4.78, 5) is 0. The van der Waals surface area contributed by atoms with Crippen LogP contribution in [0.4, 0.5) is 0 Å². The first-order valence-electron chi connectivity index (χ1n) is 11.1. The highest BCUT2D eigenvalue weighted by Gasteiger charge is 2.26. The van der Waals surface area contributed by atoms with Crippen LogP contribution in [0.25, 0.3) is 11.1 Å². The highest BCUT2D eigenvalue weighted by Crippen LogP contribution is 2.34. The van der Waals surface area contributed by atoms with E-state index in [1.165, 1.54) is 36.8 Å². The van der Waals surface area contributed by atoms with Gasteiger partial charge in [0, 0.05) is 30.7 Å². The van der Waals surface area contributed by atoms with E-state index in [1.54, 1.807) is 0 Å². The first kappa shape index (κ1) is 21.4. The number of benzene rings is 2. The van der Waals surface area contributed by atoms with Gasteiger partial charge < -0.3 is 9.47 Å². The second-order valence-corrected chi connectivity index (χ2v) is 8.04. The molecule has 154 valence electrons. The maximum Gasteiger partial charge on any atom is 0.268 e. The normalized spacial score (nSPS) is 18.9. The molecule has 0 aliphatic heterocycles. The van der Waals surface area contributed by atoms with Gasteiger partial charge in [0.25, 0.3) is 11.5 Å². The van der Waals surface area contributed by atoms with Crippen molar-refractivity contribution in [3.8, 4) is 16.9 Å². The maximum absolute atomic E-state index is 6.22. The quantitative estimate of drug-likeness (QED) is 0.305. The van der Waals surface area contributed by atoms with Crippen molar-refractivity contribution in [2.24, 2.45) is 5.92 Å². The van der Waals surface area contributed by atoms with Crippen LogP contribution in [-0.2, 0) is 4.74 Å².